The van der Waals surface area contributed by atoms with Gasteiger partial charge in [-0.1, -0.05) is 6.07 Å². The fourth-order valence-corrected chi connectivity index (χ4v) is 2.98. The number of nitrogens with zero attached hydrogens (tertiary/aromatic N) is 2. The van der Waals surface area contributed by atoms with E-state index in [4.69, 9.17) is 9.47 Å². The van der Waals surface area contributed by atoms with E-state index in [-0.39, 0.29) is 5.91 Å². The minimum Gasteiger partial charge on any atom is -0.497 e. The van der Waals surface area contributed by atoms with E-state index in [1.165, 1.54) is 0 Å². The van der Waals surface area contributed by atoms with Gasteiger partial charge in [-0.3, -0.25) is 4.79 Å². The molecule has 0 N–H and O–H groups in total. The minimum atomic E-state index is 0.238. The third kappa shape index (κ3) is 4.86. The van der Waals surface area contributed by atoms with Crippen LogP contribution in [0, 0.1) is 0 Å². The molecular weight excluding hydrogens is 292 g/mol. The zero-order valence-electron chi connectivity index (χ0n) is 14.5. The van der Waals surface area contributed by atoms with Crippen LogP contribution in [0.5, 0.6) is 5.75 Å². The molecule has 1 saturated heterocycles. The quantitative estimate of drug-likeness (QED) is 0.724. The first-order chi connectivity index (χ1) is 11.2. The zero-order chi connectivity index (χ0) is 16.7. The van der Waals surface area contributed by atoms with Crippen molar-refractivity contribution < 1.29 is 14.3 Å². The van der Waals surface area contributed by atoms with Crippen LogP contribution >= 0.6 is 0 Å². The lowest BCUT2D eigenvalue weighted by molar-refractivity contribution is -0.132. The number of anilines is 1. The molecule has 1 heterocycles. The van der Waals surface area contributed by atoms with Crippen molar-refractivity contribution in [2.45, 2.75) is 32.7 Å². The molecule has 0 bridgehead atoms. The van der Waals surface area contributed by atoms with Crippen molar-refractivity contribution in [2.75, 3.05) is 44.9 Å². The molecule has 1 fully saturated rings. The van der Waals surface area contributed by atoms with E-state index in [2.05, 4.69) is 24.0 Å². The van der Waals surface area contributed by atoms with Gasteiger partial charge in [-0.2, -0.15) is 0 Å². The summed E-state index contributed by atoms with van der Waals surface area (Å²) >= 11 is 0. The van der Waals surface area contributed by atoms with Gasteiger partial charge in [-0.15, -0.1) is 0 Å². The Morgan fingerprint density at radius 2 is 2.17 bits per heavy atom. The first-order valence-corrected chi connectivity index (χ1v) is 8.42. The number of hydrogen-bond donors (Lipinski definition) is 0. The molecule has 5 heteroatoms. The second kappa shape index (κ2) is 8.77. The van der Waals surface area contributed by atoms with Gasteiger partial charge in [0.25, 0.3) is 0 Å². The predicted octanol–water partition coefficient (Wildman–Crippen LogP) is 2.55. The van der Waals surface area contributed by atoms with Crippen LogP contribution in [0.15, 0.2) is 24.3 Å². The van der Waals surface area contributed by atoms with Crippen molar-refractivity contribution in [2.24, 2.45) is 0 Å². The van der Waals surface area contributed by atoms with Crippen molar-refractivity contribution in [3.63, 3.8) is 0 Å². The zero-order valence-corrected chi connectivity index (χ0v) is 14.5. The molecule has 1 aliphatic heterocycles. The Morgan fingerprint density at radius 1 is 1.35 bits per heavy atom. The Morgan fingerprint density at radius 3 is 2.87 bits per heavy atom. The largest absolute Gasteiger partial charge is 0.497 e. The van der Waals surface area contributed by atoms with Gasteiger partial charge in [0.05, 0.1) is 7.11 Å². The van der Waals surface area contributed by atoms with Crippen LogP contribution in [-0.4, -0.2) is 56.8 Å². The third-order valence-electron chi connectivity index (χ3n) is 4.25. The Bertz CT molecular complexity index is 507. The molecule has 0 aromatic heterocycles. The first kappa shape index (κ1) is 17.6. The van der Waals surface area contributed by atoms with E-state index < -0.39 is 0 Å². The van der Waals surface area contributed by atoms with E-state index in [1.807, 2.05) is 24.0 Å². The summed E-state index contributed by atoms with van der Waals surface area (Å²) in [4.78, 5) is 16.6. The molecule has 0 spiro atoms. The van der Waals surface area contributed by atoms with Crippen LogP contribution < -0.4 is 9.64 Å². The second-order valence-electron chi connectivity index (χ2n) is 5.88. The van der Waals surface area contributed by atoms with Crippen LogP contribution in [0.25, 0.3) is 0 Å². The van der Waals surface area contributed by atoms with Gasteiger partial charge in [-0.25, -0.2) is 0 Å². The predicted molar refractivity (Wildman–Crippen MR) is 92.1 cm³/mol. The highest BCUT2D eigenvalue weighted by Gasteiger charge is 2.26. The average Bonchev–Trinajstić information content (AvgIpc) is 2.58. The number of benzene rings is 1. The molecule has 1 atom stereocenters. The monoisotopic (exact) mass is 320 g/mol. The van der Waals surface area contributed by atoms with Crippen LogP contribution in [0.4, 0.5) is 5.69 Å². The number of ether oxygens (including phenoxy) is 2. The Labute approximate surface area is 139 Å². The molecule has 1 aliphatic rings. The Kier molecular flexibility index (Phi) is 6.71. The number of hydrogen-bond acceptors (Lipinski definition) is 4. The number of rotatable bonds is 7. The summed E-state index contributed by atoms with van der Waals surface area (Å²) in [6, 6.07) is 8.40. The summed E-state index contributed by atoms with van der Waals surface area (Å²) in [6.45, 7) is 7.91. The lowest BCUT2D eigenvalue weighted by Gasteiger charge is -2.41. The summed E-state index contributed by atoms with van der Waals surface area (Å²) in [7, 11) is 1.68. The van der Waals surface area contributed by atoms with Gasteiger partial charge in [0, 0.05) is 57.1 Å². The van der Waals surface area contributed by atoms with E-state index >= 15 is 0 Å². The summed E-state index contributed by atoms with van der Waals surface area (Å²) in [6.07, 6.45) is 1.38. The molecule has 5 nitrogen and oxygen atoms in total. The first-order valence-electron chi connectivity index (χ1n) is 8.42. The molecule has 1 aromatic carbocycles. The van der Waals surface area contributed by atoms with E-state index in [1.54, 1.807) is 7.11 Å². The summed E-state index contributed by atoms with van der Waals surface area (Å²) in [5, 5.41) is 0. The highest BCUT2D eigenvalue weighted by molar-refractivity contribution is 5.76. The van der Waals surface area contributed by atoms with Gasteiger partial charge >= 0.3 is 0 Å². The van der Waals surface area contributed by atoms with Crippen molar-refractivity contribution in [1.29, 1.82) is 0 Å². The molecule has 0 unspecified atom stereocenters. The van der Waals surface area contributed by atoms with Crippen LogP contribution in [-0.2, 0) is 9.53 Å². The maximum Gasteiger partial charge on any atom is 0.222 e. The molecular formula is C18H28N2O3. The third-order valence-corrected chi connectivity index (χ3v) is 4.25. The van der Waals surface area contributed by atoms with E-state index in [9.17, 15) is 4.79 Å². The van der Waals surface area contributed by atoms with Gasteiger partial charge in [0.15, 0.2) is 0 Å². The molecule has 0 aliphatic carbocycles. The van der Waals surface area contributed by atoms with Gasteiger partial charge in [0.1, 0.15) is 5.75 Å². The van der Waals surface area contributed by atoms with Crippen molar-refractivity contribution in [3.05, 3.63) is 24.3 Å². The number of amides is 1. The summed E-state index contributed by atoms with van der Waals surface area (Å²) < 4.78 is 10.6. The maximum absolute atomic E-state index is 12.3. The van der Waals surface area contributed by atoms with Gasteiger partial charge in [0.2, 0.25) is 5.91 Å². The standard InChI is InChI=1S/C18H28N2O3/c1-4-23-12-6-9-18(21)19-10-11-20(15(2)14-19)16-7-5-8-17(13-16)22-3/h5,7-8,13,15H,4,6,9-12,14H2,1-3H3/t15-/m1/s1. The molecule has 1 amide bonds. The average molecular weight is 320 g/mol. The molecule has 128 valence electrons. The number of piperazine rings is 1. The molecule has 2 rings (SSSR count). The fraction of sp³-hybridized carbons (Fsp3) is 0.611. The minimum absolute atomic E-state index is 0.238. The molecule has 1 aromatic rings. The lowest BCUT2D eigenvalue weighted by atomic mass is 10.1. The highest BCUT2D eigenvalue weighted by Crippen LogP contribution is 2.25. The lowest BCUT2D eigenvalue weighted by Crippen LogP contribution is -2.53. The van der Waals surface area contributed by atoms with Crippen LogP contribution in [0.2, 0.25) is 0 Å². The second-order valence-corrected chi connectivity index (χ2v) is 5.88. The Balaban J connectivity index is 1.87. The maximum atomic E-state index is 12.3. The highest BCUT2D eigenvalue weighted by atomic mass is 16.5. The van der Waals surface area contributed by atoms with E-state index in [0.717, 1.165) is 37.5 Å². The molecule has 0 saturated carbocycles. The number of methoxy groups -OCH3 is 1. The summed E-state index contributed by atoms with van der Waals surface area (Å²) in [5.74, 6) is 1.10. The topological polar surface area (TPSA) is 42.0 Å². The Hall–Kier alpha value is -1.75. The van der Waals surface area contributed by atoms with Gasteiger partial charge < -0.3 is 19.3 Å². The van der Waals surface area contributed by atoms with Crippen LogP contribution in [0.3, 0.4) is 0 Å². The van der Waals surface area contributed by atoms with E-state index in [0.29, 0.717) is 25.7 Å². The SMILES string of the molecule is CCOCCCC(=O)N1CCN(c2cccc(OC)c2)[C@H](C)C1. The van der Waals surface area contributed by atoms with Crippen molar-refractivity contribution >= 4 is 11.6 Å². The van der Waals surface area contributed by atoms with Gasteiger partial charge in [-0.05, 0) is 32.4 Å². The number of carbonyl (C=O) groups is 1. The number of carbonyl (C=O) groups excluding carboxylic acids is 1. The summed E-state index contributed by atoms with van der Waals surface area (Å²) in [5.41, 5.74) is 1.15. The van der Waals surface area contributed by atoms with Crippen LogP contribution in [0.1, 0.15) is 26.7 Å². The van der Waals surface area contributed by atoms with Crippen molar-refractivity contribution in [3.8, 4) is 5.75 Å². The smallest absolute Gasteiger partial charge is 0.222 e. The molecule has 23 heavy (non-hydrogen) atoms. The fourth-order valence-electron chi connectivity index (χ4n) is 2.98. The van der Waals surface area contributed by atoms with Crippen molar-refractivity contribution in [1.82, 2.24) is 4.90 Å². The normalized spacial score (nSPS) is 18.1. The molecule has 0 radical (unpaired) electrons.